The van der Waals surface area contributed by atoms with Crippen LogP contribution in [0, 0.1) is 0 Å². The van der Waals surface area contributed by atoms with Crippen molar-refractivity contribution in [2.75, 3.05) is 33.0 Å². The first-order valence-electron chi connectivity index (χ1n) is 28.2. The van der Waals surface area contributed by atoms with Gasteiger partial charge in [0.15, 0.2) is 12.6 Å². The van der Waals surface area contributed by atoms with Crippen molar-refractivity contribution in [3.63, 3.8) is 0 Å². The molecule has 0 radical (unpaired) electrons. The zero-order chi connectivity index (χ0) is 53.0. The highest BCUT2D eigenvalue weighted by Gasteiger charge is 2.47. The van der Waals surface area contributed by atoms with E-state index in [2.05, 4.69) is 98.9 Å². The predicted octanol–water partition coefficient (Wildman–Crippen LogP) is 9.63. The van der Waals surface area contributed by atoms with Crippen molar-refractivity contribution >= 4 is 5.97 Å². The molecule has 11 unspecified atom stereocenters. The highest BCUT2D eigenvalue weighted by molar-refractivity contribution is 5.69. The van der Waals surface area contributed by atoms with Gasteiger partial charge in [0, 0.05) is 13.0 Å². The molecule has 2 heterocycles. The van der Waals surface area contributed by atoms with Gasteiger partial charge >= 0.3 is 5.97 Å². The monoisotopic (exact) mass is 1030 g/mol. The average molecular weight is 1030 g/mol. The molecule has 0 amide bonds. The van der Waals surface area contributed by atoms with Gasteiger partial charge in [-0.3, -0.25) is 4.79 Å². The molecular weight excluding hydrogens is 933 g/mol. The normalized spacial score (nSPS) is 25.6. The van der Waals surface area contributed by atoms with E-state index in [0.717, 1.165) is 83.5 Å². The van der Waals surface area contributed by atoms with Crippen molar-refractivity contribution in [2.24, 2.45) is 0 Å². The van der Waals surface area contributed by atoms with E-state index >= 15 is 0 Å². The highest BCUT2D eigenvalue weighted by Crippen LogP contribution is 2.26. The number of carbonyl (C=O) groups is 1. The van der Waals surface area contributed by atoms with Crippen LogP contribution in [-0.2, 0) is 33.2 Å². The van der Waals surface area contributed by atoms with Crippen molar-refractivity contribution in [1.29, 1.82) is 0 Å². The zero-order valence-corrected chi connectivity index (χ0v) is 44.8. The molecule has 0 saturated carbocycles. The SMILES string of the molecule is CC/C=C\C/C=C\C/C=C\C/C=C\CCCCCCCCCCCCCCCOCC(COC1OC(COC2OC(CO)C(O)C(O)C2O)C(O)C(O)C1O)OC(=O)CCCCC/C=C\C/C=C\C/C=C\CC. The lowest BCUT2D eigenvalue weighted by Crippen LogP contribution is -2.61. The van der Waals surface area contributed by atoms with Crippen LogP contribution in [0.15, 0.2) is 85.1 Å². The van der Waals surface area contributed by atoms with Crippen LogP contribution in [-0.4, -0.2) is 142 Å². The van der Waals surface area contributed by atoms with Gasteiger partial charge in [-0.15, -0.1) is 0 Å². The molecule has 0 aromatic rings. The lowest BCUT2D eigenvalue weighted by atomic mass is 9.98. The maximum absolute atomic E-state index is 13.0. The lowest BCUT2D eigenvalue weighted by Gasteiger charge is -2.42. The van der Waals surface area contributed by atoms with Gasteiger partial charge in [0.25, 0.3) is 0 Å². The molecule has 0 spiro atoms. The van der Waals surface area contributed by atoms with Crippen LogP contribution in [0.4, 0.5) is 0 Å². The molecule has 14 nitrogen and oxygen atoms in total. The summed E-state index contributed by atoms with van der Waals surface area (Å²) >= 11 is 0. The first kappa shape index (κ1) is 66.3. The molecule has 7 N–H and O–H groups in total. The van der Waals surface area contributed by atoms with E-state index in [4.69, 9.17) is 28.4 Å². The molecule has 0 aliphatic carbocycles. The number of carbonyl (C=O) groups excluding carboxylic acids is 1. The molecule has 11 atom stereocenters. The third-order valence-corrected chi connectivity index (χ3v) is 12.9. The number of aliphatic hydroxyl groups excluding tert-OH is 7. The second-order valence-corrected chi connectivity index (χ2v) is 19.3. The Morgan fingerprint density at radius 3 is 1.33 bits per heavy atom. The average Bonchev–Trinajstić information content (AvgIpc) is 3.39. The Balaban J connectivity index is 1.69. The van der Waals surface area contributed by atoms with Crippen molar-refractivity contribution < 1.29 is 69.0 Å². The van der Waals surface area contributed by atoms with Crippen LogP contribution in [0.1, 0.15) is 181 Å². The number of aliphatic hydroxyl groups is 7. The minimum absolute atomic E-state index is 0.0444. The van der Waals surface area contributed by atoms with E-state index in [-0.39, 0.29) is 19.6 Å². The maximum atomic E-state index is 13.0. The molecule has 14 heteroatoms. The van der Waals surface area contributed by atoms with Crippen LogP contribution in [0.5, 0.6) is 0 Å². The van der Waals surface area contributed by atoms with Gasteiger partial charge in [-0.05, 0) is 83.5 Å². The van der Waals surface area contributed by atoms with Gasteiger partial charge in [-0.1, -0.05) is 176 Å². The van der Waals surface area contributed by atoms with Crippen LogP contribution in [0.25, 0.3) is 0 Å². The van der Waals surface area contributed by atoms with E-state index in [9.17, 15) is 40.5 Å². The van der Waals surface area contributed by atoms with E-state index in [0.29, 0.717) is 13.0 Å². The summed E-state index contributed by atoms with van der Waals surface area (Å²) in [6.45, 7) is 3.41. The van der Waals surface area contributed by atoms with Crippen LogP contribution >= 0.6 is 0 Å². The molecule has 0 aromatic heterocycles. The van der Waals surface area contributed by atoms with Crippen LogP contribution in [0.3, 0.4) is 0 Å². The molecule has 2 aliphatic rings. The van der Waals surface area contributed by atoms with Gasteiger partial charge < -0.3 is 64.2 Å². The summed E-state index contributed by atoms with van der Waals surface area (Å²) < 4.78 is 34.3. The molecule has 420 valence electrons. The molecular formula is C59H100O14. The predicted molar refractivity (Wildman–Crippen MR) is 288 cm³/mol. The smallest absolute Gasteiger partial charge is 0.306 e. The first-order chi connectivity index (χ1) is 35.6. The molecule has 2 saturated heterocycles. The summed E-state index contributed by atoms with van der Waals surface area (Å²) in [4.78, 5) is 13.0. The van der Waals surface area contributed by atoms with Crippen molar-refractivity contribution in [1.82, 2.24) is 0 Å². The Bertz CT molecular complexity index is 1530. The number of hydrogen-bond acceptors (Lipinski definition) is 14. The number of allylic oxidation sites excluding steroid dienone is 14. The topological polar surface area (TPSA) is 214 Å². The minimum atomic E-state index is -1.72. The van der Waals surface area contributed by atoms with Gasteiger partial charge in [0.1, 0.15) is 54.9 Å². The third kappa shape index (κ3) is 32.4. The van der Waals surface area contributed by atoms with Gasteiger partial charge in [0.2, 0.25) is 0 Å². The van der Waals surface area contributed by atoms with E-state index in [1.165, 1.54) is 70.6 Å². The fourth-order valence-electron chi connectivity index (χ4n) is 8.41. The molecule has 2 aliphatic heterocycles. The minimum Gasteiger partial charge on any atom is -0.457 e. The summed E-state index contributed by atoms with van der Waals surface area (Å²) in [6, 6.07) is 0. The number of rotatable bonds is 44. The summed E-state index contributed by atoms with van der Waals surface area (Å²) in [6.07, 6.45) is 42.3. The van der Waals surface area contributed by atoms with E-state index in [1.54, 1.807) is 0 Å². The Kier molecular flexibility index (Phi) is 41.2. The van der Waals surface area contributed by atoms with Gasteiger partial charge in [-0.2, -0.15) is 0 Å². The second-order valence-electron chi connectivity index (χ2n) is 19.3. The van der Waals surface area contributed by atoms with Gasteiger partial charge in [0.05, 0.1) is 26.4 Å². The van der Waals surface area contributed by atoms with E-state index in [1.807, 2.05) is 0 Å². The lowest BCUT2D eigenvalue weighted by molar-refractivity contribution is -0.332. The fraction of sp³-hybridized carbons (Fsp3) is 0.746. The Labute approximate surface area is 439 Å². The van der Waals surface area contributed by atoms with E-state index < -0.39 is 86.7 Å². The molecule has 73 heavy (non-hydrogen) atoms. The zero-order valence-electron chi connectivity index (χ0n) is 44.8. The Morgan fingerprint density at radius 2 is 0.849 bits per heavy atom. The summed E-state index contributed by atoms with van der Waals surface area (Å²) in [7, 11) is 0. The van der Waals surface area contributed by atoms with Crippen LogP contribution in [0.2, 0.25) is 0 Å². The standard InChI is InChI=1S/C59H100O14/c1-3-5-7-9-11-13-15-17-18-19-20-21-22-23-24-25-26-27-28-29-31-33-35-37-39-41-43-68-45-48(71-51(61)42-40-38-36-34-32-30-16-14-12-10-8-6-4-2)46-69-58-57(67)55(65)53(63)50(73-58)47-70-59-56(66)54(64)52(62)49(44-60)72-59/h5-8,11-14,17-18,20-21,30,32,48-50,52-60,62-67H,3-4,9-10,15-16,19,22-29,31,33-47H2,1-2H3/b7-5-,8-6-,13-11-,14-12-,18-17-,21-20-,32-30-. The maximum Gasteiger partial charge on any atom is 0.306 e. The van der Waals surface area contributed by atoms with Crippen molar-refractivity contribution in [3.05, 3.63) is 85.1 Å². The number of esters is 1. The molecule has 2 fully saturated rings. The summed E-state index contributed by atoms with van der Waals surface area (Å²) in [5, 5.41) is 72.2. The number of unbranched alkanes of at least 4 members (excludes halogenated alkanes) is 16. The highest BCUT2D eigenvalue weighted by atomic mass is 16.7. The molecule has 2 rings (SSSR count). The van der Waals surface area contributed by atoms with Crippen LogP contribution < -0.4 is 0 Å². The van der Waals surface area contributed by atoms with Crippen molar-refractivity contribution in [3.8, 4) is 0 Å². The third-order valence-electron chi connectivity index (χ3n) is 12.9. The molecule has 0 aromatic carbocycles. The van der Waals surface area contributed by atoms with Crippen molar-refractivity contribution in [2.45, 2.75) is 248 Å². The Morgan fingerprint density at radius 1 is 0.452 bits per heavy atom. The molecule has 0 bridgehead atoms. The second kappa shape index (κ2) is 45.4. The largest absolute Gasteiger partial charge is 0.457 e. The fourth-order valence-corrected chi connectivity index (χ4v) is 8.41. The Hall–Kier alpha value is -2.83. The number of ether oxygens (including phenoxy) is 6. The quantitative estimate of drug-likeness (QED) is 0.0172. The van der Waals surface area contributed by atoms with Gasteiger partial charge in [-0.25, -0.2) is 0 Å². The summed E-state index contributed by atoms with van der Waals surface area (Å²) in [5.74, 6) is -0.408. The summed E-state index contributed by atoms with van der Waals surface area (Å²) in [5.41, 5.74) is 0. The number of hydrogen-bond donors (Lipinski definition) is 7. The first-order valence-corrected chi connectivity index (χ1v) is 28.2.